The van der Waals surface area contributed by atoms with Gasteiger partial charge in [-0.3, -0.25) is 9.59 Å². The fourth-order valence-electron chi connectivity index (χ4n) is 1.17. The van der Waals surface area contributed by atoms with Crippen molar-refractivity contribution >= 4 is 11.8 Å². The molecular formula is C12H12N2O2. The Balaban J connectivity index is 2.70. The zero-order valence-electron chi connectivity index (χ0n) is 8.64. The summed E-state index contributed by atoms with van der Waals surface area (Å²) in [6.45, 7) is 0. The maximum atomic E-state index is 11.6. The van der Waals surface area contributed by atoms with E-state index in [1.807, 2.05) is 0 Å². The van der Waals surface area contributed by atoms with Crippen molar-refractivity contribution in [2.45, 2.75) is 12.5 Å². The SMILES string of the molecule is C#CC[C@@H](NC(=O)c1ccccc1)C(N)=O. The number of nitrogens with one attached hydrogen (secondary N) is 1. The molecule has 0 aromatic heterocycles. The summed E-state index contributed by atoms with van der Waals surface area (Å²) in [6.07, 6.45) is 5.16. The van der Waals surface area contributed by atoms with Crippen molar-refractivity contribution in [1.82, 2.24) is 5.32 Å². The number of carbonyl (C=O) groups is 2. The van der Waals surface area contributed by atoms with Crippen LogP contribution in [-0.4, -0.2) is 17.9 Å². The van der Waals surface area contributed by atoms with Gasteiger partial charge in [0.2, 0.25) is 5.91 Å². The summed E-state index contributed by atoms with van der Waals surface area (Å²) in [6, 6.07) is 7.72. The number of carbonyl (C=O) groups excluding carboxylic acids is 2. The summed E-state index contributed by atoms with van der Waals surface area (Å²) in [5.74, 6) is 1.29. The highest BCUT2D eigenvalue weighted by Gasteiger charge is 2.17. The van der Waals surface area contributed by atoms with Gasteiger partial charge in [0.15, 0.2) is 0 Å². The maximum absolute atomic E-state index is 11.6. The number of amides is 2. The zero-order valence-corrected chi connectivity index (χ0v) is 8.64. The van der Waals surface area contributed by atoms with E-state index in [4.69, 9.17) is 12.2 Å². The van der Waals surface area contributed by atoms with Gasteiger partial charge in [-0.1, -0.05) is 18.2 Å². The van der Waals surface area contributed by atoms with Gasteiger partial charge in [-0.15, -0.1) is 12.3 Å². The van der Waals surface area contributed by atoms with Crippen molar-refractivity contribution in [2.75, 3.05) is 0 Å². The Morgan fingerprint density at radius 3 is 2.50 bits per heavy atom. The molecule has 0 unspecified atom stereocenters. The zero-order chi connectivity index (χ0) is 12.0. The lowest BCUT2D eigenvalue weighted by atomic mass is 10.1. The average molecular weight is 216 g/mol. The van der Waals surface area contributed by atoms with Crippen LogP contribution in [-0.2, 0) is 4.79 Å². The summed E-state index contributed by atoms with van der Waals surface area (Å²) in [5, 5.41) is 2.48. The molecule has 0 aliphatic rings. The summed E-state index contributed by atoms with van der Waals surface area (Å²) < 4.78 is 0. The summed E-state index contributed by atoms with van der Waals surface area (Å²) >= 11 is 0. The smallest absolute Gasteiger partial charge is 0.251 e. The number of nitrogens with two attached hydrogens (primary N) is 1. The molecule has 0 bridgehead atoms. The van der Waals surface area contributed by atoms with E-state index in [-0.39, 0.29) is 12.3 Å². The fourth-order valence-corrected chi connectivity index (χ4v) is 1.17. The van der Waals surface area contributed by atoms with Crippen LogP contribution in [0.2, 0.25) is 0 Å². The van der Waals surface area contributed by atoms with E-state index in [1.54, 1.807) is 30.3 Å². The molecule has 0 saturated heterocycles. The Kier molecular flexibility index (Phi) is 4.10. The second kappa shape index (κ2) is 5.56. The number of hydrogen-bond donors (Lipinski definition) is 2. The van der Waals surface area contributed by atoms with Crippen LogP contribution in [0.5, 0.6) is 0 Å². The van der Waals surface area contributed by atoms with E-state index in [0.29, 0.717) is 5.56 Å². The van der Waals surface area contributed by atoms with Crippen molar-refractivity contribution < 1.29 is 9.59 Å². The number of rotatable bonds is 4. The Morgan fingerprint density at radius 2 is 2.00 bits per heavy atom. The first-order chi connectivity index (χ1) is 7.65. The lowest BCUT2D eigenvalue weighted by Crippen LogP contribution is -2.44. The molecule has 0 radical (unpaired) electrons. The van der Waals surface area contributed by atoms with Gasteiger partial charge >= 0.3 is 0 Å². The van der Waals surface area contributed by atoms with Crippen LogP contribution in [0.4, 0.5) is 0 Å². The molecule has 0 saturated carbocycles. The van der Waals surface area contributed by atoms with E-state index in [2.05, 4.69) is 11.2 Å². The lowest BCUT2D eigenvalue weighted by molar-refractivity contribution is -0.119. The Hall–Kier alpha value is -2.28. The molecule has 1 atom stereocenters. The van der Waals surface area contributed by atoms with Crippen LogP contribution in [0.3, 0.4) is 0 Å². The molecule has 0 heterocycles. The number of primary amides is 1. The van der Waals surface area contributed by atoms with Gasteiger partial charge in [0.1, 0.15) is 6.04 Å². The Labute approximate surface area is 93.8 Å². The van der Waals surface area contributed by atoms with E-state index in [1.165, 1.54) is 0 Å². The molecule has 16 heavy (non-hydrogen) atoms. The van der Waals surface area contributed by atoms with Gasteiger partial charge in [-0.2, -0.15) is 0 Å². The quantitative estimate of drug-likeness (QED) is 0.710. The van der Waals surface area contributed by atoms with Crippen LogP contribution < -0.4 is 11.1 Å². The van der Waals surface area contributed by atoms with Crippen molar-refractivity contribution in [1.29, 1.82) is 0 Å². The van der Waals surface area contributed by atoms with E-state index in [9.17, 15) is 9.59 Å². The third kappa shape index (κ3) is 3.14. The molecule has 1 rings (SSSR count). The lowest BCUT2D eigenvalue weighted by Gasteiger charge is -2.12. The van der Waals surface area contributed by atoms with Crippen molar-refractivity contribution in [3.05, 3.63) is 35.9 Å². The summed E-state index contributed by atoms with van der Waals surface area (Å²) in [7, 11) is 0. The van der Waals surface area contributed by atoms with Gasteiger partial charge in [-0.25, -0.2) is 0 Å². The molecule has 0 spiro atoms. The van der Waals surface area contributed by atoms with Crippen LogP contribution in [0.1, 0.15) is 16.8 Å². The molecule has 4 heteroatoms. The van der Waals surface area contributed by atoms with Gasteiger partial charge in [0, 0.05) is 12.0 Å². The molecule has 4 nitrogen and oxygen atoms in total. The van der Waals surface area contributed by atoms with Crippen molar-refractivity contribution in [3.8, 4) is 12.3 Å². The Morgan fingerprint density at radius 1 is 1.38 bits per heavy atom. The molecular weight excluding hydrogens is 204 g/mol. The third-order valence-electron chi connectivity index (χ3n) is 2.01. The van der Waals surface area contributed by atoms with Crippen molar-refractivity contribution in [2.24, 2.45) is 5.73 Å². The predicted molar refractivity (Wildman–Crippen MR) is 60.3 cm³/mol. The van der Waals surface area contributed by atoms with Crippen LogP contribution in [0, 0.1) is 12.3 Å². The highest BCUT2D eigenvalue weighted by molar-refractivity contribution is 5.97. The van der Waals surface area contributed by atoms with E-state index < -0.39 is 11.9 Å². The number of terminal acetylenes is 1. The minimum atomic E-state index is -0.822. The van der Waals surface area contributed by atoms with Crippen LogP contribution in [0.25, 0.3) is 0 Å². The largest absolute Gasteiger partial charge is 0.368 e. The first kappa shape index (κ1) is 11.8. The monoisotopic (exact) mass is 216 g/mol. The van der Waals surface area contributed by atoms with Crippen molar-refractivity contribution in [3.63, 3.8) is 0 Å². The summed E-state index contributed by atoms with van der Waals surface area (Å²) in [5.41, 5.74) is 5.56. The molecule has 1 aromatic carbocycles. The molecule has 0 aliphatic carbocycles. The first-order valence-corrected chi connectivity index (χ1v) is 4.74. The average Bonchev–Trinajstić information content (AvgIpc) is 2.29. The highest BCUT2D eigenvalue weighted by atomic mass is 16.2. The topological polar surface area (TPSA) is 72.2 Å². The molecule has 0 aliphatic heterocycles. The molecule has 2 amide bonds. The second-order valence-corrected chi connectivity index (χ2v) is 3.20. The fraction of sp³-hybridized carbons (Fsp3) is 0.167. The standard InChI is InChI=1S/C12H12N2O2/c1-2-6-10(11(13)15)14-12(16)9-7-4-3-5-8-9/h1,3-5,7-8,10H,6H2,(H2,13,15)(H,14,16)/t10-/m1/s1. The minimum Gasteiger partial charge on any atom is -0.368 e. The Bertz CT molecular complexity index is 420. The predicted octanol–water partition coefficient (Wildman–Crippen LogP) is 0.294. The summed E-state index contributed by atoms with van der Waals surface area (Å²) in [4.78, 5) is 22.6. The highest BCUT2D eigenvalue weighted by Crippen LogP contribution is 1.99. The van der Waals surface area contributed by atoms with Gasteiger partial charge in [0.25, 0.3) is 5.91 Å². The molecule has 82 valence electrons. The molecule has 3 N–H and O–H groups in total. The second-order valence-electron chi connectivity index (χ2n) is 3.20. The van der Waals surface area contributed by atoms with E-state index in [0.717, 1.165) is 0 Å². The minimum absolute atomic E-state index is 0.0912. The molecule has 1 aromatic rings. The molecule has 0 fully saturated rings. The van der Waals surface area contributed by atoms with Gasteiger partial charge in [0.05, 0.1) is 0 Å². The number of benzene rings is 1. The van der Waals surface area contributed by atoms with Gasteiger partial charge < -0.3 is 11.1 Å². The first-order valence-electron chi connectivity index (χ1n) is 4.74. The third-order valence-corrected chi connectivity index (χ3v) is 2.01. The van der Waals surface area contributed by atoms with Crippen LogP contribution in [0.15, 0.2) is 30.3 Å². The van der Waals surface area contributed by atoms with E-state index >= 15 is 0 Å². The van der Waals surface area contributed by atoms with Gasteiger partial charge in [-0.05, 0) is 12.1 Å². The maximum Gasteiger partial charge on any atom is 0.251 e. The number of hydrogen-bond acceptors (Lipinski definition) is 2. The normalized spacial score (nSPS) is 11.2. The van der Waals surface area contributed by atoms with Crippen LogP contribution >= 0.6 is 0 Å².